The van der Waals surface area contributed by atoms with Gasteiger partial charge in [0.1, 0.15) is 0 Å². The summed E-state index contributed by atoms with van der Waals surface area (Å²) in [5, 5.41) is 3.66. The average molecular weight is 591 g/mol. The second-order valence-electron chi connectivity index (χ2n) is 11.0. The van der Waals surface area contributed by atoms with Gasteiger partial charge in [-0.3, -0.25) is 9.69 Å². The number of rotatable bonds is 8. The van der Waals surface area contributed by atoms with Crippen LogP contribution in [0.5, 0.6) is 0 Å². The Morgan fingerprint density at radius 2 is 1.62 bits per heavy atom. The zero-order valence-electron chi connectivity index (χ0n) is 21.9. The minimum absolute atomic E-state index is 0.0998. The van der Waals surface area contributed by atoms with E-state index in [0.29, 0.717) is 70.2 Å². The van der Waals surface area contributed by atoms with Crippen LogP contribution in [0.2, 0.25) is 0 Å². The van der Waals surface area contributed by atoms with Crippen molar-refractivity contribution >= 4 is 22.4 Å². The molecule has 0 radical (unpaired) electrons. The van der Waals surface area contributed by atoms with Crippen LogP contribution in [0.4, 0.5) is 31.5 Å². The third kappa shape index (κ3) is 7.09. The van der Waals surface area contributed by atoms with Crippen molar-refractivity contribution in [2.24, 2.45) is 11.3 Å². The highest BCUT2D eigenvalue weighted by atomic mass is 32.1. The van der Waals surface area contributed by atoms with Crippen molar-refractivity contribution in [2.45, 2.75) is 57.5 Å². The molecule has 1 aromatic heterocycles. The summed E-state index contributed by atoms with van der Waals surface area (Å²) in [5.74, 6) is 0.137. The summed E-state index contributed by atoms with van der Waals surface area (Å²) in [6, 6.07) is 1.44. The van der Waals surface area contributed by atoms with Crippen LogP contribution in [0.1, 0.15) is 53.7 Å². The van der Waals surface area contributed by atoms with E-state index in [9.17, 15) is 31.1 Å². The van der Waals surface area contributed by atoms with E-state index in [-0.39, 0.29) is 17.5 Å². The molecule has 2 aromatic rings. The normalized spacial score (nSPS) is 20.5. The SMILES string of the molecule is O=C(NCc1cc(C(F)(F)F)cc(C(F)(F)F)c1)C1(CC2CC2)CCN(Cc2cnc(N3CCOCC3)s2)CC1. The van der Waals surface area contributed by atoms with Crippen LogP contribution in [0, 0.1) is 11.3 Å². The van der Waals surface area contributed by atoms with Crippen molar-refractivity contribution in [3.8, 4) is 0 Å². The van der Waals surface area contributed by atoms with E-state index >= 15 is 0 Å². The lowest BCUT2D eigenvalue weighted by atomic mass is 9.73. The Morgan fingerprint density at radius 3 is 2.20 bits per heavy atom. The molecule has 5 rings (SSSR count). The van der Waals surface area contributed by atoms with Crippen molar-refractivity contribution in [2.75, 3.05) is 44.3 Å². The highest BCUT2D eigenvalue weighted by Gasteiger charge is 2.45. The van der Waals surface area contributed by atoms with Crippen LogP contribution in [0.3, 0.4) is 0 Å². The zero-order valence-corrected chi connectivity index (χ0v) is 22.7. The van der Waals surface area contributed by atoms with Gasteiger partial charge in [0.15, 0.2) is 5.13 Å². The number of nitrogens with zero attached hydrogens (tertiary/aromatic N) is 3. The molecule has 1 N–H and O–H groups in total. The number of carbonyl (C=O) groups is 1. The molecule has 1 aromatic carbocycles. The standard InChI is InChI=1S/C27H32F6N4O2S/c28-26(29,30)20-11-19(12-21(13-20)27(31,32)33)15-34-23(38)25(14-18-1-2-18)3-5-36(6-4-25)17-22-16-35-24(40-22)37-7-9-39-10-8-37/h11-13,16,18H,1-10,14-15,17H2,(H,34,38). The topological polar surface area (TPSA) is 57.7 Å². The molecule has 0 unspecified atom stereocenters. The molecular weight excluding hydrogens is 558 g/mol. The summed E-state index contributed by atoms with van der Waals surface area (Å²) in [4.78, 5) is 23.6. The maximum atomic E-state index is 13.5. The number of likely N-dealkylation sites (tertiary alicyclic amines) is 1. The van der Waals surface area contributed by atoms with E-state index in [1.807, 2.05) is 6.20 Å². The number of anilines is 1. The first-order valence-corrected chi connectivity index (χ1v) is 14.3. The predicted octanol–water partition coefficient (Wildman–Crippen LogP) is 5.72. The van der Waals surface area contributed by atoms with Gasteiger partial charge in [-0.1, -0.05) is 12.8 Å². The van der Waals surface area contributed by atoms with Gasteiger partial charge < -0.3 is 15.0 Å². The lowest BCUT2D eigenvalue weighted by Gasteiger charge is -2.41. The van der Waals surface area contributed by atoms with E-state index in [1.165, 1.54) is 0 Å². The fraction of sp³-hybridized carbons (Fsp3) is 0.630. The number of morpholine rings is 1. The van der Waals surface area contributed by atoms with Gasteiger partial charge in [-0.25, -0.2) is 4.98 Å². The summed E-state index contributed by atoms with van der Waals surface area (Å²) in [6.45, 7) is 4.66. The monoisotopic (exact) mass is 590 g/mol. The van der Waals surface area contributed by atoms with Crippen molar-refractivity contribution in [1.29, 1.82) is 0 Å². The molecule has 3 heterocycles. The number of carbonyl (C=O) groups excluding carboxylic acids is 1. The van der Waals surface area contributed by atoms with Crippen molar-refractivity contribution in [1.82, 2.24) is 15.2 Å². The van der Waals surface area contributed by atoms with Gasteiger partial charge in [0.25, 0.3) is 0 Å². The number of aromatic nitrogens is 1. The molecule has 220 valence electrons. The van der Waals surface area contributed by atoms with E-state index in [0.717, 1.165) is 35.9 Å². The number of nitrogens with one attached hydrogen (secondary N) is 1. The molecule has 1 saturated carbocycles. The van der Waals surface area contributed by atoms with Crippen LogP contribution in [-0.4, -0.2) is 55.2 Å². The summed E-state index contributed by atoms with van der Waals surface area (Å²) in [5.41, 5.74) is -3.67. The molecule has 13 heteroatoms. The number of alkyl halides is 6. The Balaban J connectivity index is 1.22. The Morgan fingerprint density at radius 1 is 1.00 bits per heavy atom. The molecule has 2 aliphatic heterocycles. The number of halogens is 6. The quantitative estimate of drug-likeness (QED) is 0.399. The molecule has 3 fully saturated rings. The number of ether oxygens (including phenoxy) is 1. The van der Waals surface area contributed by atoms with Crippen LogP contribution in [0.15, 0.2) is 24.4 Å². The van der Waals surface area contributed by atoms with E-state index < -0.39 is 35.4 Å². The Bertz CT molecular complexity index is 1150. The summed E-state index contributed by atoms with van der Waals surface area (Å²) in [7, 11) is 0. The van der Waals surface area contributed by atoms with Gasteiger partial charge >= 0.3 is 12.4 Å². The highest BCUT2D eigenvalue weighted by molar-refractivity contribution is 7.15. The van der Waals surface area contributed by atoms with Crippen LogP contribution in [0.25, 0.3) is 0 Å². The number of hydrogen-bond donors (Lipinski definition) is 1. The molecule has 0 spiro atoms. The average Bonchev–Trinajstić information content (AvgIpc) is 3.61. The zero-order chi connectivity index (χ0) is 28.5. The third-order valence-electron chi connectivity index (χ3n) is 7.97. The molecule has 1 aliphatic carbocycles. The first-order chi connectivity index (χ1) is 18.9. The molecule has 0 bridgehead atoms. The third-order valence-corrected chi connectivity index (χ3v) is 9.02. The van der Waals surface area contributed by atoms with Crippen LogP contribution >= 0.6 is 11.3 Å². The Hall–Kier alpha value is -2.38. The molecule has 1 amide bonds. The number of amides is 1. The van der Waals surface area contributed by atoms with Crippen molar-refractivity contribution in [3.63, 3.8) is 0 Å². The fourth-order valence-electron chi connectivity index (χ4n) is 5.52. The summed E-state index contributed by atoms with van der Waals surface area (Å²) >= 11 is 1.65. The van der Waals surface area contributed by atoms with E-state index in [1.54, 1.807) is 11.3 Å². The minimum atomic E-state index is -4.93. The summed E-state index contributed by atoms with van der Waals surface area (Å²) < 4.78 is 84.9. The number of benzene rings is 1. The lowest BCUT2D eigenvalue weighted by molar-refractivity contribution is -0.143. The van der Waals surface area contributed by atoms with E-state index in [4.69, 9.17) is 4.74 Å². The fourth-order valence-corrected chi connectivity index (χ4v) is 6.52. The Labute approximate surface area is 232 Å². The molecular formula is C27H32F6N4O2S. The lowest BCUT2D eigenvalue weighted by Crippen LogP contribution is -2.48. The number of hydrogen-bond acceptors (Lipinski definition) is 6. The van der Waals surface area contributed by atoms with E-state index in [2.05, 4.69) is 20.1 Å². The van der Waals surface area contributed by atoms with Gasteiger partial charge in [-0.2, -0.15) is 26.3 Å². The maximum Gasteiger partial charge on any atom is 0.416 e. The Kier molecular flexibility index (Phi) is 8.36. The smallest absolute Gasteiger partial charge is 0.378 e. The highest BCUT2D eigenvalue weighted by Crippen LogP contribution is 2.46. The molecule has 6 nitrogen and oxygen atoms in total. The molecule has 3 aliphatic rings. The van der Waals surface area contributed by atoms with Gasteiger partial charge in [0.05, 0.1) is 29.8 Å². The predicted molar refractivity (Wildman–Crippen MR) is 138 cm³/mol. The first kappa shape index (κ1) is 29.1. The molecule has 2 saturated heterocycles. The second kappa shape index (κ2) is 11.5. The first-order valence-electron chi connectivity index (χ1n) is 13.5. The summed E-state index contributed by atoms with van der Waals surface area (Å²) in [6.07, 6.45) is -4.05. The van der Waals surface area contributed by atoms with Gasteiger partial charge in [0, 0.05) is 37.3 Å². The van der Waals surface area contributed by atoms with Crippen molar-refractivity contribution in [3.05, 3.63) is 46.0 Å². The van der Waals surface area contributed by atoms with Gasteiger partial charge in [0.2, 0.25) is 5.91 Å². The van der Waals surface area contributed by atoms with Gasteiger partial charge in [-0.15, -0.1) is 11.3 Å². The van der Waals surface area contributed by atoms with Crippen molar-refractivity contribution < 1.29 is 35.9 Å². The minimum Gasteiger partial charge on any atom is -0.378 e. The second-order valence-corrected chi connectivity index (χ2v) is 12.1. The largest absolute Gasteiger partial charge is 0.416 e. The van der Waals surface area contributed by atoms with Crippen LogP contribution < -0.4 is 10.2 Å². The van der Waals surface area contributed by atoms with Gasteiger partial charge in [-0.05, 0) is 62.0 Å². The number of piperidine rings is 1. The molecule has 0 atom stereocenters. The number of thiazole rings is 1. The molecule has 40 heavy (non-hydrogen) atoms. The maximum absolute atomic E-state index is 13.5. The van der Waals surface area contributed by atoms with Crippen LogP contribution in [-0.2, 0) is 35.0 Å².